The van der Waals surface area contributed by atoms with E-state index in [0.29, 0.717) is 16.3 Å². The van der Waals surface area contributed by atoms with E-state index in [4.69, 9.17) is 4.42 Å². The van der Waals surface area contributed by atoms with E-state index in [1.54, 1.807) is 29.8 Å². The zero-order valence-corrected chi connectivity index (χ0v) is 13.0. The number of ketones is 1. The Bertz CT molecular complexity index is 835. The molecule has 0 radical (unpaired) electrons. The van der Waals surface area contributed by atoms with Crippen LogP contribution in [0.3, 0.4) is 0 Å². The summed E-state index contributed by atoms with van der Waals surface area (Å²) in [6.45, 7) is 1.50. The second-order valence-corrected chi connectivity index (χ2v) is 5.89. The highest BCUT2D eigenvalue weighted by Gasteiger charge is 2.23. The molecule has 0 aliphatic rings. The minimum absolute atomic E-state index is 0.0186. The summed E-state index contributed by atoms with van der Waals surface area (Å²) in [7, 11) is 0. The van der Waals surface area contributed by atoms with E-state index in [0.717, 1.165) is 5.56 Å². The van der Waals surface area contributed by atoms with Crippen molar-refractivity contribution >= 4 is 23.1 Å². The van der Waals surface area contributed by atoms with Crippen molar-refractivity contribution in [3.05, 3.63) is 46.7 Å². The van der Waals surface area contributed by atoms with Gasteiger partial charge in [-0.2, -0.15) is 0 Å². The molecule has 3 heterocycles. The monoisotopic (exact) mass is 331 g/mol. The first-order chi connectivity index (χ1) is 11.0. The van der Waals surface area contributed by atoms with E-state index in [-0.39, 0.29) is 12.2 Å². The third-order valence-electron chi connectivity index (χ3n) is 3.33. The van der Waals surface area contributed by atoms with Gasteiger partial charge in [0.1, 0.15) is 11.5 Å². The number of Topliss-reactive ketones (excluding diaryl/α,β-unsaturated/α-hetero) is 1. The number of aromatic nitrogens is 3. The van der Waals surface area contributed by atoms with Crippen LogP contribution in [0.2, 0.25) is 0 Å². The van der Waals surface area contributed by atoms with Crippen molar-refractivity contribution in [2.45, 2.75) is 19.4 Å². The van der Waals surface area contributed by atoms with E-state index >= 15 is 0 Å². The molecule has 1 atom stereocenters. The number of nitrogens with zero attached hydrogens (tertiary/aromatic N) is 3. The lowest BCUT2D eigenvalue weighted by Gasteiger charge is -2.09. The predicted octanol–water partition coefficient (Wildman–Crippen LogP) is 2.67. The molecule has 0 saturated heterocycles. The van der Waals surface area contributed by atoms with Gasteiger partial charge in [-0.25, -0.2) is 9.48 Å². The Morgan fingerprint density at radius 2 is 2.30 bits per heavy atom. The molecule has 0 spiro atoms. The molecule has 0 amide bonds. The molecule has 0 saturated carbocycles. The third-order valence-corrected chi connectivity index (χ3v) is 4.36. The van der Waals surface area contributed by atoms with Gasteiger partial charge in [0.15, 0.2) is 11.8 Å². The van der Waals surface area contributed by atoms with Crippen LogP contribution in [0.15, 0.2) is 40.5 Å². The summed E-state index contributed by atoms with van der Waals surface area (Å²) >= 11 is 1.32. The Morgan fingerprint density at radius 1 is 1.48 bits per heavy atom. The number of hydrogen-bond acceptors (Lipinski definition) is 6. The number of thiophene rings is 1. The smallest absolute Gasteiger partial charge is 0.329 e. The maximum atomic E-state index is 11.5. The van der Waals surface area contributed by atoms with Crippen molar-refractivity contribution in [1.82, 2.24) is 15.0 Å². The molecule has 118 valence electrons. The Balaban J connectivity index is 1.86. The van der Waals surface area contributed by atoms with Crippen LogP contribution >= 0.6 is 11.3 Å². The van der Waals surface area contributed by atoms with Crippen LogP contribution in [0, 0.1) is 0 Å². The van der Waals surface area contributed by atoms with E-state index in [9.17, 15) is 14.7 Å². The topological polar surface area (TPSA) is 98.2 Å². The summed E-state index contributed by atoms with van der Waals surface area (Å²) in [4.78, 5) is 23.5. The Hall–Kier alpha value is -2.74. The van der Waals surface area contributed by atoms with Gasteiger partial charge in [0.2, 0.25) is 0 Å². The standard InChI is InChI=1S/C15H13N3O4S/c1-9(19)14-5-10(8-23-14)12-7-18(17-16-12)13(15(20)21)6-11-3-2-4-22-11/h2-5,7-8,13H,6H2,1H3,(H,20,21). The predicted molar refractivity (Wildman–Crippen MR) is 82.4 cm³/mol. The van der Waals surface area contributed by atoms with Gasteiger partial charge in [-0.05, 0) is 25.1 Å². The van der Waals surface area contributed by atoms with Crippen LogP contribution in [0.25, 0.3) is 11.3 Å². The van der Waals surface area contributed by atoms with Crippen molar-refractivity contribution in [2.75, 3.05) is 0 Å². The molecule has 1 unspecified atom stereocenters. The fraction of sp³-hybridized carbons (Fsp3) is 0.200. The number of carbonyl (C=O) groups excluding carboxylic acids is 1. The first kappa shape index (κ1) is 15.2. The molecule has 3 rings (SSSR count). The molecule has 0 aliphatic carbocycles. The Labute approximate surface area is 135 Å². The number of aliphatic carboxylic acids is 1. The van der Waals surface area contributed by atoms with Crippen LogP contribution in [0.4, 0.5) is 0 Å². The molecule has 3 aromatic rings. The van der Waals surface area contributed by atoms with Gasteiger partial charge in [0.05, 0.1) is 17.3 Å². The molecule has 7 nitrogen and oxygen atoms in total. The number of carboxylic acid groups (broad SMARTS) is 1. The van der Waals surface area contributed by atoms with E-state index in [2.05, 4.69) is 10.3 Å². The molecule has 0 aliphatic heterocycles. The van der Waals surface area contributed by atoms with Gasteiger partial charge in [-0.1, -0.05) is 5.21 Å². The van der Waals surface area contributed by atoms with Crippen molar-refractivity contribution in [1.29, 1.82) is 0 Å². The van der Waals surface area contributed by atoms with Gasteiger partial charge in [-0.15, -0.1) is 16.4 Å². The van der Waals surface area contributed by atoms with Crippen molar-refractivity contribution in [3.63, 3.8) is 0 Å². The second kappa shape index (κ2) is 6.17. The number of carboxylic acids is 1. The van der Waals surface area contributed by atoms with Gasteiger partial charge >= 0.3 is 5.97 Å². The average molecular weight is 331 g/mol. The fourth-order valence-electron chi connectivity index (χ4n) is 2.13. The fourth-order valence-corrected chi connectivity index (χ4v) is 2.93. The summed E-state index contributed by atoms with van der Waals surface area (Å²) in [5, 5.41) is 19.1. The first-order valence-corrected chi connectivity index (χ1v) is 7.69. The van der Waals surface area contributed by atoms with Gasteiger partial charge in [-0.3, -0.25) is 4.79 Å². The maximum absolute atomic E-state index is 11.5. The van der Waals surface area contributed by atoms with E-state index in [1.165, 1.54) is 29.2 Å². The normalized spacial score (nSPS) is 12.2. The molecule has 0 fully saturated rings. The van der Waals surface area contributed by atoms with Crippen LogP contribution in [-0.4, -0.2) is 31.9 Å². The van der Waals surface area contributed by atoms with E-state index in [1.807, 2.05) is 0 Å². The molecule has 0 aromatic carbocycles. The number of rotatable bonds is 6. The number of carbonyl (C=O) groups is 2. The van der Waals surface area contributed by atoms with Gasteiger partial charge < -0.3 is 9.52 Å². The summed E-state index contributed by atoms with van der Waals surface area (Å²) in [5.74, 6) is -0.480. The largest absolute Gasteiger partial charge is 0.480 e. The third kappa shape index (κ3) is 3.21. The summed E-state index contributed by atoms with van der Waals surface area (Å²) in [6.07, 6.45) is 3.23. The molecule has 3 aromatic heterocycles. The summed E-state index contributed by atoms with van der Waals surface area (Å²) < 4.78 is 6.49. The van der Waals surface area contributed by atoms with Gasteiger partial charge in [0.25, 0.3) is 0 Å². The second-order valence-electron chi connectivity index (χ2n) is 4.98. The highest BCUT2D eigenvalue weighted by atomic mass is 32.1. The molecular weight excluding hydrogens is 318 g/mol. The molecule has 0 bridgehead atoms. The lowest BCUT2D eigenvalue weighted by molar-refractivity contribution is -0.141. The van der Waals surface area contributed by atoms with Crippen LogP contribution in [0.5, 0.6) is 0 Å². The van der Waals surface area contributed by atoms with E-state index < -0.39 is 12.0 Å². The Kier molecular flexibility index (Phi) is 4.07. The minimum atomic E-state index is -1.02. The van der Waals surface area contributed by atoms with Crippen LogP contribution in [0.1, 0.15) is 28.4 Å². The minimum Gasteiger partial charge on any atom is -0.480 e. The Morgan fingerprint density at radius 3 is 2.91 bits per heavy atom. The van der Waals surface area contributed by atoms with Crippen molar-refractivity contribution in [2.24, 2.45) is 0 Å². The van der Waals surface area contributed by atoms with Crippen molar-refractivity contribution in [3.8, 4) is 11.3 Å². The average Bonchev–Trinajstić information content (AvgIpc) is 3.24. The number of hydrogen-bond donors (Lipinski definition) is 1. The van der Waals surface area contributed by atoms with Crippen molar-refractivity contribution < 1.29 is 19.1 Å². The molecule has 23 heavy (non-hydrogen) atoms. The van der Waals surface area contributed by atoms with Crippen LogP contribution in [-0.2, 0) is 11.2 Å². The SMILES string of the molecule is CC(=O)c1cc(-c2cn(C(Cc3ccco3)C(=O)O)nn2)cs1. The summed E-state index contributed by atoms with van der Waals surface area (Å²) in [6, 6.07) is 4.23. The highest BCUT2D eigenvalue weighted by molar-refractivity contribution is 7.12. The van der Waals surface area contributed by atoms with Gasteiger partial charge in [0, 0.05) is 17.4 Å². The maximum Gasteiger partial charge on any atom is 0.329 e. The first-order valence-electron chi connectivity index (χ1n) is 6.81. The highest BCUT2D eigenvalue weighted by Crippen LogP contribution is 2.25. The molecule has 1 N–H and O–H groups in total. The zero-order valence-electron chi connectivity index (χ0n) is 12.2. The zero-order chi connectivity index (χ0) is 16.4. The summed E-state index contributed by atoms with van der Waals surface area (Å²) in [5.41, 5.74) is 1.27. The quantitative estimate of drug-likeness (QED) is 0.697. The number of furan rings is 1. The lowest BCUT2D eigenvalue weighted by atomic mass is 10.1. The molecular formula is C15H13N3O4S. The lowest BCUT2D eigenvalue weighted by Crippen LogP contribution is -2.21. The molecule has 8 heteroatoms. The van der Waals surface area contributed by atoms with Crippen LogP contribution < -0.4 is 0 Å².